The summed E-state index contributed by atoms with van der Waals surface area (Å²) in [4.78, 5) is 10.4. The molecule has 0 atom stereocenters. The van der Waals surface area contributed by atoms with Gasteiger partial charge in [-0.05, 0) is 18.2 Å². The van der Waals surface area contributed by atoms with Crippen molar-refractivity contribution in [3.05, 3.63) is 68.2 Å². The minimum atomic E-state index is -0.468. The molecule has 0 radical (unpaired) electrons. The maximum absolute atomic E-state index is 10.8. The predicted molar refractivity (Wildman–Crippen MR) is 80.8 cm³/mol. The number of para-hydroxylation sites is 2. The molecule has 0 bridgehead atoms. The van der Waals surface area contributed by atoms with Crippen molar-refractivity contribution in [2.24, 2.45) is 5.10 Å². The first-order valence-corrected chi connectivity index (χ1v) is 6.31. The van der Waals surface area contributed by atoms with Gasteiger partial charge >= 0.3 is 0 Å². The number of anilines is 1. The molecule has 5 nitrogen and oxygen atoms in total. The van der Waals surface area contributed by atoms with E-state index in [1.54, 1.807) is 36.4 Å². The molecular weight excluding hydrogens is 301 g/mol. The van der Waals surface area contributed by atoms with E-state index in [1.165, 1.54) is 12.3 Å². The molecule has 0 amide bonds. The summed E-state index contributed by atoms with van der Waals surface area (Å²) in [6, 6.07) is 11.3. The number of nitrogens with one attached hydrogen (secondary N) is 1. The first-order valence-electron chi connectivity index (χ1n) is 5.56. The van der Waals surface area contributed by atoms with Crippen LogP contribution in [-0.4, -0.2) is 11.1 Å². The highest BCUT2D eigenvalue weighted by atomic mass is 35.5. The van der Waals surface area contributed by atoms with Crippen molar-refractivity contribution in [1.29, 1.82) is 0 Å². The summed E-state index contributed by atoms with van der Waals surface area (Å²) in [5, 5.41) is 15.6. The van der Waals surface area contributed by atoms with E-state index in [9.17, 15) is 10.1 Å². The average Bonchev–Trinajstić information content (AvgIpc) is 2.42. The number of hydrogen-bond acceptors (Lipinski definition) is 4. The lowest BCUT2D eigenvalue weighted by Crippen LogP contribution is -1.96. The zero-order chi connectivity index (χ0) is 14.5. The van der Waals surface area contributed by atoms with Gasteiger partial charge in [-0.25, -0.2) is 0 Å². The molecular formula is C13H9Cl2N3O2. The van der Waals surface area contributed by atoms with Crippen molar-refractivity contribution in [2.75, 3.05) is 5.43 Å². The smallest absolute Gasteiger partial charge is 0.275 e. The molecule has 0 aromatic heterocycles. The van der Waals surface area contributed by atoms with E-state index in [-0.39, 0.29) is 5.69 Å². The summed E-state index contributed by atoms with van der Waals surface area (Å²) >= 11 is 11.9. The monoisotopic (exact) mass is 309 g/mol. The predicted octanol–water partition coefficient (Wildman–Crippen LogP) is 4.35. The molecule has 0 aliphatic rings. The number of nitro benzene ring substituents is 1. The lowest BCUT2D eigenvalue weighted by Gasteiger charge is -2.05. The van der Waals surface area contributed by atoms with Crippen LogP contribution in [0.1, 0.15) is 5.56 Å². The summed E-state index contributed by atoms with van der Waals surface area (Å²) in [5.74, 6) is 0. The number of nitrogens with zero attached hydrogens (tertiary/aromatic N) is 2. The van der Waals surface area contributed by atoms with Crippen LogP contribution >= 0.6 is 23.2 Å². The minimum absolute atomic E-state index is 0.0247. The van der Waals surface area contributed by atoms with E-state index in [2.05, 4.69) is 10.5 Å². The number of hydrazone groups is 1. The molecule has 2 aromatic rings. The van der Waals surface area contributed by atoms with Gasteiger partial charge in [-0.3, -0.25) is 15.5 Å². The van der Waals surface area contributed by atoms with Crippen LogP contribution in [0.25, 0.3) is 0 Å². The Labute approximate surface area is 125 Å². The van der Waals surface area contributed by atoms with Crippen molar-refractivity contribution in [3.63, 3.8) is 0 Å². The fourth-order valence-electron chi connectivity index (χ4n) is 1.53. The zero-order valence-corrected chi connectivity index (χ0v) is 11.6. The molecule has 7 heteroatoms. The molecule has 0 saturated heterocycles. The van der Waals surface area contributed by atoms with E-state index >= 15 is 0 Å². The van der Waals surface area contributed by atoms with Crippen LogP contribution in [0.15, 0.2) is 47.6 Å². The fraction of sp³-hybridized carbons (Fsp3) is 0. The summed E-state index contributed by atoms with van der Waals surface area (Å²) in [7, 11) is 0. The number of hydrogen-bond donors (Lipinski definition) is 1. The van der Waals surface area contributed by atoms with Gasteiger partial charge in [0.1, 0.15) is 0 Å². The van der Waals surface area contributed by atoms with Gasteiger partial charge in [0.05, 0.1) is 32.4 Å². The Balaban J connectivity index is 2.21. The van der Waals surface area contributed by atoms with Crippen LogP contribution < -0.4 is 5.43 Å². The van der Waals surface area contributed by atoms with Gasteiger partial charge in [-0.2, -0.15) is 5.10 Å². The number of benzene rings is 2. The number of halogens is 2. The average molecular weight is 310 g/mol. The third-order valence-electron chi connectivity index (χ3n) is 2.48. The second-order valence-corrected chi connectivity index (χ2v) is 4.60. The molecule has 20 heavy (non-hydrogen) atoms. The molecule has 0 aliphatic carbocycles. The summed E-state index contributed by atoms with van der Waals surface area (Å²) < 4.78 is 0. The molecule has 2 aromatic carbocycles. The first kappa shape index (κ1) is 14.3. The van der Waals surface area contributed by atoms with Crippen LogP contribution in [0.4, 0.5) is 11.4 Å². The molecule has 0 heterocycles. The Hall–Kier alpha value is -2.11. The summed E-state index contributed by atoms with van der Waals surface area (Å²) in [5.41, 5.74) is 3.49. The summed E-state index contributed by atoms with van der Waals surface area (Å²) in [6.45, 7) is 0. The van der Waals surface area contributed by atoms with Gasteiger partial charge in [0.25, 0.3) is 5.69 Å². The second kappa shape index (κ2) is 6.36. The fourth-order valence-corrected chi connectivity index (χ4v) is 2.02. The molecule has 1 N–H and O–H groups in total. The Kier molecular flexibility index (Phi) is 4.55. The molecule has 0 spiro atoms. The standard InChI is InChI=1S/C13H9Cl2N3O2/c14-10-5-3-6-11(15)13(10)17-16-8-9-4-1-2-7-12(9)18(19)20/h1-8,17H/b16-8+. The SMILES string of the molecule is O=[N+]([O-])c1ccccc1/C=N/Nc1c(Cl)cccc1Cl. The topological polar surface area (TPSA) is 67.5 Å². The zero-order valence-electron chi connectivity index (χ0n) is 10.1. The molecule has 0 unspecified atom stereocenters. The summed E-state index contributed by atoms with van der Waals surface area (Å²) in [6.07, 6.45) is 1.35. The lowest BCUT2D eigenvalue weighted by molar-refractivity contribution is -0.385. The van der Waals surface area contributed by atoms with Crippen molar-refractivity contribution in [3.8, 4) is 0 Å². The second-order valence-electron chi connectivity index (χ2n) is 3.78. The van der Waals surface area contributed by atoms with Crippen molar-refractivity contribution in [2.45, 2.75) is 0 Å². The Morgan fingerprint density at radius 3 is 2.40 bits per heavy atom. The van der Waals surface area contributed by atoms with E-state index in [1.807, 2.05) is 0 Å². The minimum Gasteiger partial charge on any atom is -0.275 e. The van der Waals surface area contributed by atoms with Crippen LogP contribution in [0.2, 0.25) is 10.0 Å². The van der Waals surface area contributed by atoms with Crippen molar-refractivity contribution >= 4 is 40.8 Å². The van der Waals surface area contributed by atoms with Crippen molar-refractivity contribution < 1.29 is 4.92 Å². The molecule has 0 saturated carbocycles. The number of rotatable bonds is 4. The third kappa shape index (κ3) is 3.26. The highest BCUT2D eigenvalue weighted by Crippen LogP contribution is 2.29. The Morgan fingerprint density at radius 2 is 1.75 bits per heavy atom. The van der Waals surface area contributed by atoms with E-state index in [4.69, 9.17) is 23.2 Å². The van der Waals surface area contributed by atoms with Crippen LogP contribution in [0.3, 0.4) is 0 Å². The maximum atomic E-state index is 10.8. The first-order chi connectivity index (χ1) is 9.59. The van der Waals surface area contributed by atoms with Crippen molar-refractivity contribution in [1.82, 2.24) is 0 Å². The molecule has 2 rings (SSSR count). The highest BCUT2D eigenvalue weighted by molar-refractivity contribution is 6.39. The van der Waals surface area contributed by atoms with E-state index in [0.717, 1.165) is 0 Å². The van der Waals surface area contributed by atoms with Gasteiger partial charge in [-0.15, -0.1) is 0 Å². The Morgan fingerprint density at radius 1 is 1.10 bits per heavy atom. The Bertz CT molecular complexity index is 654. The number of nitro groups is 1. The van der Waals surface area contributed by atoms with E-state index < -0.39 is 4.92 Å². The molecule has 0 fully saturated rings. The highest BCUT2D eigenvalue weighted by Gasteiger charge is 2.10. The quantitative estimate of drug-likeness (QED) is 0.518. The van der Waals surface area contributed by atoms with Gasteiger partial charge in [0, 0.05) is 6.07 Å². The lowest BCUT2D eigenvalue weighted by atomic mass is 10.2. The van der Waals surface area contributed by atoms with Crippen LogP contribution in [0.5, 0.6) is 0 Å². The van der Waals surface area contributed by atoms with Gasteiger partial charge in [0.2, 0.25) is 0 Å². The van der Waals surface area contributed by atoms with E-state index in [0.29, 0.717) is 21.3 Å². The van der Waals surface area contributed by atoms with Crippen LogP contribution in [0, 0.1) is 10.1 Å². The van der Waals surface area contributed by atoms with Crippen LogP contribution in [-0.2, 0) is 0 Å². The van der Waals surface area contributed by atoms with Gasteiger partial charge < -0.3 is 0 Å². The largest absolute Gasteiger partial charge is 0.278 e. The van der Waals surface area contributed by atoms with Gasteiger partial charge in [-0.1, -0.05) is 41.4 Å². The van der Waals surface area contributed by atoms with Gasteiger partial charge in [0.15, 0.2) is 0 Å². The molecule has 102 valence electrons. The third-order valence-corrected chi connectivity index (χ3v) is 3.11. The normalized spacial score (nSPS) is 10.7. The molecule has 0 aliphatic heterocycles. The maximum Gasteiger partial charge on any atom is 0.278 e.